The summed E-state index contributed by atoms with van der Waals surface area (Å²) in [5, 5.41) is 0. The number of rotatable bonds is 6. The molecule has 0 amide bonds. The first-order valence-electron chi connectivity index (χ1n) is 4.78. The van der Waals surface area contributed by atoms with Crippen LogP contribution in [-0.4, -0.2) is 26.1 Å². The van der Waals surface area contributed by atoms with Crippen LogP contribution < -0.4 is 5.73 Å². The average Bonchev–Trinajstić information content (AvgIpc) is 1.98. The molecule has 0 bridgehead atoms. The minimum absolute atomic E-state index is 0.828. The fourth-order valence-electron chi connectivity index (χ4n) is 0.809. The maximum absolute atomic E-state index is 5.43. The van der Waals surface area contributed by atoms with E-state index in [0.29, 0.717) is 0 Å². The van der Waals surface area contributed by atoms with Crippen molar-refractivity contribution in [3.8, 4) is 0 Å². The number of thioether (sulfide) groups is 1. The van der Waals surface area contributed by atoms with Crippen LogP contribution in [0.4, 0.5) is 0 Å². The predicted molar refractivity (Wildman–Crippen MR) is 63.8 cm³/mol. The highest BCUT2D eigenvalue weighted by molar-refractivity contribution is 7.99. The lowest BCUT2D eigenvalue weighted by Crippen LogP contribution is -2.29. The molecule has 0 spiro atoms. The molecule has 0 fully saturated rings. The van der Waals surface area contributed by atoms with Crippen LogP contribution in [0.15, 0.2) is 0 Å². The molecule has 0 aromatic heterocycles. The number of hydrogen-bond donors (Lipinski definition) is 1. The summed E-state index contributed by atoms with van der Waals surface area (Å²) >= 11 is 2.01. The molecule has 0 aliphatic heterocycles. The van der Waals surface area contributed by atoms with E-state index in [9.17, 15) is 0 Å². The van der Waals surface area contributed by atoms with Gasteiger partial charge in [0, 0.05) is 12.3 Å². The Kier molecular flexibility index (Phi) is 6.32. The topological polar surface area (TPSA) is 26.0 Å². The summed E-state index contributed by atoms with van der Waals surface area (Å²) in [6.45, 7) is 10.5. The lowest BCUT2D eigenvalue weighted by Gasteiger charge is -2.26. The van der Waals surface area contributed by atoms with Gasteiger partial charge in [0.05, 0.1) is 8.07 Å². The molecule has 1 nitrogen and oxygen atoms in total. The van der Waals surface area contributed by atoms with Crippen molar-refractivity contribution in [1.82, 2.24) is 0 Å². The van der Waals surface area contributed by atoms with E-state index in [2.05, 4.69) is 26.9 Å². The van der Waals surface area contributed by atoms with Crippen LogP contribution in [-0.2, 0) is 0 Å². The Morgan fingerprint density at radius 2 is 1.83 bits per heavy atom. The second kappa shape index (κ2) is 6.05. The average molecular weight is 205 g/mol. The maximum Gasteiger partial charge on any atom is 0.0507 e. The van der Waals surface area contributed by atoms with Gasteiger partial charge in [-0.1, -0.05) is 32.5 Å². The summed E-state index contributed by atoms with van der Waals surface area (Å²) in [7, 11) is -0.892. The summed E-state index contributed by atoms with van der Waals surface area (Å²) in [6, 6.07) is 1.44. The zero-order chi connectivity index (χ0) is 9.61. The fourth-order valence-corrected chi connectivity index (χ4v) is 4.44. The van der Waals surface area contributed by atoms with Crippen molar-refractivity contribution in [2.75, 3.05) is 18.1 Å². The molecule has 0 aliphatic carbocycles. The van der Waals surface area contributed by atoms with Crippen LogP contribution in [0.5, 0.6) is 0 Å². The Labute approximate surface area is 82.5 Å². The second-order valence-corrected chi connectivity index (χ2v) is 11.2. The third kappa shape index (κ3) is 5.22. The minimum atomic E-state index is -0.892. The SMILES string of the molecule is CC(C)[Si](C)(C)CCSCCN. The highest BCUT2D eigenvalue weighted by atomic mass is 32.2. The summed E-state index contributed by atoms with van der Waals surface area (Å²) in [6.07, 6.45) is 0. The quantitative estimate of drug-likeness (QED) is 0.533. The monoisotopic (exact) mass is 205 g/mol. The van der Waals surface area contributed by atoms with E-state index in [1.165, 1.54) is 11.8 Å². The first-order chi connectivity index (χ1) is 5.50. The van der Waals surface area contributed by atoms with E-state index in [4.69, 9.17) is 5.73 Å². The molecule has 0 atom stereocenters. The Morgan fingerprint density at radius 1 is 1.25 bits per heavy atom. The fraction of sp³-hybridized carbons (Fsp3) is 1.00. The largest absolute Gasteiger partial charge is 0.330 e. The predicted octanol–water partition coefficient (Wildman–Crippen LogP) is 2.80. The van der Waals surface area contributed by atoms with Crippen molar-refractivity contribution in [3.05, 3.63) is 0 Å². The molecule has 0 aliphatic rings. The molecule has 12 heavy (non-hydrogen) atoms. The molecule has 74 valence electrons. The standard InChI is InChI=1S/C9H23NSSi/c1-9(2)12(3,4)8-7-11-6-5-10/h9H,5-8,10H2,1-4H3. The molecule has 0 rings (SSSR count). The van der Waals surface area contributed by atoms with Gasteiger partial charge < -0.3 is 5.73 Å². The van der Waals surface area contributed by atoms with Crippen molar-refractivity contribution in [3.63, 3.8) is 0 Å². The van der Waals surface area contributed by atoms with Crippen molar-refractivity contribution in [2.24, 2.45) is 5.73 Å². The third-order valence-electron chi connectivity index (χ3n) is 2.72. The van der Waals surface area contributed by atoms with Gasteiger partial charge in [0.15, 0.2) is 0 Å². The Bertz CT molecular complexity index is 115. The molecule has 0 saturated heterocycles. The van der Waals surface area contributed by atoms with Crippen molar-refractivity contribution >= 4 is 19.8 Å². The van der Waals surface area contributed by atoms with Gasteiger partial charge >= 0.3 is 0 Å². The highest BCUT2D eigenvalue weighted by Crippen LogP contribution is 2.25. The number of nitrogens with two attached hydrogens (primary N) is 1. The van der Waals surface area contributed by atoms with Gasteiger partial charge in [-0.3, -0.25) is 0 Å². The van der Waals surface area contributed by atoms with Gasteiger partial charge in [-0.15, -0.1) is 0 Å². The first-order valence-corrected chi connectivity index (χ1v) is 9.22. The Morgan fingerprint density at radius 3 is 2.25 bits per heavy atom. The van der Waals surface area contributed by atoms with Gasteiger partial charge in [0.25, 0.3) is 0 Å². The summed E-state index contributed by atoms with van der Waals surface area (Å²) in [4.78, 5) is 0. The molecular formula is C9H23NSSi. The van der Waals surface area contributed by atoms with Gasteiger partial charge in [-0.05, 0) is 11.8 Å². The van der Waals surface area contributed by atoms with Crippen LogP contribution >= 0.6 is 11.8 Å². The molecule has 3 heteroatoms. The van der Waals surface area contributed by atoms with Crippen molar-refractivity contribution in [2.45, 2.75) is 38.5 Å². The van der Waals surface area contributed by atoms with E-state index >= 15 is 0 Å². The first kappa shape index (κ1) is 12.5. The smallest absolute Gasteiger partial charge is 0.0507 e. The second-order valence-electron chi connectivity index (χ2n) is 4.29. The van der Waals surface area contributed by atoms with Crippen LogP contribution in [0.3, 0.4) is 0 Å². The van der Waals surface area contributed by atoms with Gasteiger partial charge in [-0.25, -0.2) is 0 Å². The van der Waals surface area contributed by atoms with Gasteiger partial charge in [0.2, 0.25) is 0 Å². The van der Waals surface area contributed by atoms with Gasteiger partial charge in [0.1, 0.15) is 0 Å². The molecule has 2 N–H and O–H groups in total. The molecule has 0 aromatic carbocycles. The Balaban J connectivity index is 3.47. The van der Waals surface area contributed by atoms with Gasteiger partial charge in [-0.2, -0.15) is 11.8 Å². The molecule has 0 unspecified atom stereocenters. The Hall–Kier alpha value is 0.527. The molecule has 0 saturated carbocycles. The highest BCUT2D eigenvalue weighted by Gasteiger charge is 2.23. The van der Waals surface area contributed by atoms with E-state index < -0.39 is 8.07 Å². The zero-order valence-electron chi connectivity index (χ0n) is 8.89. The maximum atomic E-state index is 5.43. The van der Waals surface area contributed by atoms with Crippen molar-refractivity contribution < 1.29 is 0 Å². The van der Waals surface area contributed by atoms with Crippen LogP contribution in [0.25, 0.3) is 0 Å². The van der Waals surface area contributed by atoms with Crippen molar-refractivity contribution in [1.29, 1.82) is 0 Å². The van der Waals surface area contributed by atoms with E-state index in [1.54, 1.807) is 0 Å². The third-order valence-corrected chi connectivity index (χ3v) is 8.76. The summed E-state index contributed by atoms with van der Waals surface area (Å²) in [5.74, 6) is 2.44. The molecular weight excluding hydrogens is 182 g/mol. The molecule has 0 aromatic rings. The lowest BCUT2D eigenvalue weighted by molar-refractivity contribution is 0.993. The van der Waals surface area contributed by atoms with E-state index in [-0.39, 0.29) is 0 Å². The molecule has 0 heterocycles. The normalized spacial score (nSPS) is 12.5. The lowest BCUT2D eigenvalue weighted by atomic mass is 10.6. The van der Waals surface area contributed by atoms with Crippen LogP contribution in [0, 0.1) is 0 Å². The van der Waals surface area contributed by atoms with Crippen LogP contribution in [0.2, 0.25) is 24.7 Å². The summed E-state index contributed by atoms with van der Waals surface area (Å²) < 4.78 is 0. The number of hydrogen-bond acceptors (Lipinski definition) is 2. The van der Waals surface area contributed by atoms with E-state index in [1.807, 2.05) is 11.8 Å². The minimum Gasteiger partial charge on any atom is -0.330 e. The zero-order valence-corrected chi connectivity index (χ0v) is 10.7. The van der Waals surface area contributed by atoms with E-state index in [0.717, 1.165) is 17.8 Å². The summed E-state index contributed by atoms with van der Waals surface area (Å²) in [5.41, 5.74) is 6.34. The molecule has 0 radical (unpaired) electrons. The van der Waals surface area contributed by atoms with Crippen LogP contribution in [0.1, 0.15) is 13.8 Å².